The van der Waals surface area contributed by atoms with Crippen LogP contribution >= 0.6 is 0 Å². The van der Waals surface area contributed by atoms with Gasteiger partial charge in [-0.15, -0.1) is 0 Å². The van der Waals surface area contributed by atoms with E-state index in [1.165, 1.54) is 0 Å². The van der Waals surface area contributed by atoms with Crippen molar-refractivity contribution in [2.45, 2.75) is 23.6 Å². The van der Waals surface area contributed by atoms with Crippen LogP contribution in [-0.4, -0.2) is 49.0 Å². The molecule has 0 spiro atoms. The summed E-state index contributed by atoms with van der Waals surface area (Å²) in [5.74, 6) is 0. The number of hydrogen-bond donors (Lipinski definition) is 0. The van der Waals surface area contributed by atoms with Gasteiger partial charge in [0.2, 0.25) is 0 Å². The smallest absolute Gasteiger partial charge is 0.744 e. The first-order chi connectivity index (χ1) is 19.8. The average molecular weight is 619 g/mol. The van der Waals surface area contributed by atoms with Crippen molar-refractivity contribution in [1.29, 1.82) is 0 Å². The Kier molecular flexibility index (Phi) is 9.17. The van der Waals surface area contributed by atoms with Gasteiger partial charge in [0.15, 0.2) is 0 Å². The van der Waals surface area contributed by atoms with Crippen molar-refractivity contribution in [3.8, 4) is 0 Å². The molecule has 0 aliphatic carbocycles. The fourth-order valence-corrected chi connectivity index (χ4v) is 7.25. The molecule has 43 heavy (non-hydrogen) atoms. The van der Waals surface area contributed by atoms with Gasteiger partial charge in [-0.3, -0.25) is 0 Å². The molecular weight excluding hydrogens is 593 g/mol. The van der Waals surface area contributed by atoms with E-state index in [4.69, 9.17) is 0 Å². The predicted octanol–water partition coefficient (Wildman–Crippen LogP) is 7.48. The maximum Gasteiger partial charge on any atom is 2.00 e. The molecule has 9 heteroatoms. The summed E-state index contributed by atoms with van der Waals surface area (Å²) in [6.07, 6.45) is 0. The van der Waals surface area contributed by atoms with Crippen LogP contribution in [0.1, 0.15) is 25.0 Å². The van der Waals surface area contributed by atoms with Crippen molar-refractivity contribution in [3.63, 3.8) is 0 Å². The molecule has 0 radical (unpaired) electrons. The second-order valence-corrected chi connectivity index (χ2v) is 12.8. The Labute approximate surface area is 267 Å². The molecule has 0 heterocycles. The van der Waals surface area contributed by atoms with Crippen molar-refractivity contribution < 1.29 is 25.9 Å². The van der Waals surface area contributed by atoms with Crippen LogP contribution in [0.25, 0.3) is 54.2 Å². The molecule has 0 saturated heterocycles. The van der Waals surface area contributed by atoms with E-state index in [1.807, 2.05) is 72.8 Å². The number of hydrogen-bond acceptors (Lipinski definition) is 6. The Bertz CT molecular complexity index is 2140. The number of allylic oxidation sites excluding steroid dienone is 2. The molecule has 212 valence electrons. The summed E-state index contributed by atoms with van der Waals surface area (Å²) in [7, 11) is -9.17. The van der Waals surface area contributed by atoms with E-state index < -0.39 is 20.2 Å². The Morgan fingerprint density at radius 2 is 0.814 bits per heavy atom. The summed E-state index contributed by atoms with van der Waals surface area (Å²) in [6.45, 7) is 10.9. The quantitative estimate of drug-likeness (QED) is 0.115. The van der Waals surface area contributed by atoms with E-state index in [2.05, 4.69) is 13.2 Å². The number of benzene rings is 6. The van der Waals surface area contributed by atoms with E-state index in [0.29, 0.717) is 33.0 Å². The van der Waals surface area contributed by atoms with Gasteiger partial charge in [0.05, 0.1) is 9.79 Å². The third-order valence-corrected chi connectivity index (χ3v) is 9.05. The third-order valence-electron chi connectivity index (χ3n) is 7.17. The molecule has 0 amide bonds. The molecule has 6 rings (SSSR count). The monoisotopic (exact) mass is 618 g/mol. The summed E-state index contributed by atoms with van der Waals surface area (Å²) >= 11 is 0. The molecule has 0 fully saturated rings. The minimum atomic E-state index is -4.58. The van der Waals surface area contributed by atoms with Crippen molar-refractivity contribution in [1.82, 2.24) is 0 Å². The van der Waals surface area contributed by atoms with E-state index in [-0.39, 0.29) is 32.8 Å². The van der Waals surface area contributed by atoms with E-state index in [0.717, 1.165) is 32.3 Å². The van der Waals surface area contributed by atoms with E-state index in [1.54, 1.807) is 38.1 Å². The zero-order valence-electron chi connectivity index (χ0n) is 23.6. The molecule has 0 saturated carbocycles. The van der Waals surface area contributed by atoms with Crippen LogP contribution in [0.4, 0.5) is 0 Å². The largest absolute Gasteiger partial charge is 2.00 e. The van der Waals surface area contributed by atoms with Gasteiger partial charge >= 0.3 is 23.1 Å². The van der Waals surface area contributed by atoms with Gasteiger partial charge in [-0.25, -0.2) is 16.8 Å². The Balaban J connectivity index is 0.000000192. The fraction of sp³-hybridized carbons (Fsp3) is 0.0588. The summed E-state index contributed by atoms with van der Waals surface area (Å²) in [6, 6.07) is 29.4. The van der Waals surface area contributed by atoms with Crippen LogP contribution in [0.15, 0.2) is 120 Å². The second-order valence-electron chi connectivity index (χ2n) is 10.1. The van der Waals surface area contributed by atoms with Crippen LogP contribution in [0.2, 0.25) is 0 Å². The topological polar surface area (TPSA) is 114 Å². The van der Waals surface area contributed by atoms with Crippen LogP contribution < -0.4 is 0 Å². The predicted molar refractivity (Wildman–Crippen MR) is 174 cm³/mol. The fourth-order valence-electron chi connectivity index (χ4n) is 5.33. The van der Waals surface area contributed by atoms with Gasteiger partial charge in [-0.2, -0.15) is 0 Å². The van der Waals surface area contributed by atoms with Gasteiger partial charge in [-0.05, 0) is 68.4 Å². The van der Waals surface area contributed by atoms with Crippen molar-refractivity contribution in [3.05, 3.63) is 121 Å². The minimum Gasteiger partial charge on any atom is -0.744 e. The molecule has 0 bridgehead atoms. The molecule has 0 unspecified atom stereocenters. The maximum absolute atomic E-state index is 11.7. The van der Waals surface area contributed by atoms with Crippen molar-refractivity contribution >= 4 is 97.5 Å². The first-order valence-corrected chi connectivity index (χ1v) is 15.7. The second kappa shape index (κ2) is 12.2. The zero-order chi connectivity index (χ0) is 30.4. The van der Waals surface area contributed by atoms with Gasteiger partial charge < -0.3 is 9.11 Å². The van der Waals surface area contributed by atoms with Crippen LogP contribution in [0.3, 0.4) is 0 Å². The molecule has 0 N–H and O–H groups in total. The summed E-state index contributed by atoms with van der Waals surface area (Å²) < 4.78 is 70.3. The molecule has 6 nitrogen and oxygen atoms in total. The normalized spacial score (nSPS) is 11.6. The first kappa shape index (κ1) is 32.3. The maximum atomic E-state index is 11.7. The van der Waals surface area contributed by atoms with E-state index in [9.17, 15) is 25.9 Å². The van der Waals surface area contributed by atoms with Crippen LogP contribution in [0.5, 0.6) is 0 Å². The summed E-state index contributed by atoms with van der Waals surface area (Å²) in [5.41, 5.74) is 1.87. The van der Waals surface area contributed by atoms with Crippen LogP contribution in [-0.2, 0) is 20.2 Å². The Morgan fingerprint density at radius 1 is 0.488 bits per heavy atom. The number of rotatable bonds is 4. The molecule has 0 aliphatic rings. The third kappa shape index (κ3) is 6.24. The van der Waals surface area contributed by atoms with Gasteiger partial charge in [0, 0.05) is 10.8 Å². The zero-order valence-corrected chi connectivity index (χ0v) is 26.7. The SMILES string of the molecule is C=C(C)c1ccc2c(ccc3ccccc32)c1S(=O)(=O)[O-].C=C(C)c1ccc2c(ccc3ccccc32)c1S(=O)(=O)[O-].[Mg+2]. The molecule has 0 atom stereocenters. The first-order valence-electron chi connectivity index (χ1n) is 12.9. The molecule has 6 aromatic rings. The van der Waals surface area contributed by atoms with Crippen LogP contribution in [0, 0.1) is 0 Å². The standard InChI is InChI=1S/2C17H14O3S.Mg/c2*1-11(2)13-9-10-15-14-6-4-3-5-12(14)7-8-16(15)17(13)21(18,19)20;/h2*3-10H,1H2,2H3,(H,18,19,20);/q;;+2/p-2. The molecule has 0 aromatic heterocycles. The summed E-state index contributed by atoms with van der Waals surface area (Å²) in [4.78, 5) is -0.364. The van der Waals surface area contributed by atoms with Gasteiger partial charge in [0.25, 0.3) is 0 Å². The van der Waals surface area contributed by atoms with Crippen molar-refractivity contribution in [2.75, 3.05) is 0 Å². The molecule has 0 aliphatic heterocycles. The molecular formula is C34H26MgO6S2. The average Bonchev–Trinajstić information content (AvgIpc) is 2.94. The molecule has 6 aromatic carbocycles. The Morgan fingerprint density at radius 3 is 1.14 bits per heavy atom. The summed E-state index contributed by atoms with van der Waals surface area (Å²) in [5, 5.41) is 6.26. The van der Waals surface area contributed by atoms with Crippen molar-refractivity contribution in [2.24, 2.45) is 0 Å². The Hall–Kier alpha value is -3.57. The van der Waals surface area contributed by atoms with Gasteiger partial charge in [0.1, 0.15) is 20.2 Å². The number of fused-ring (bicyclic) bond motifs is 6. The van der Waals surface area contributed by atoms with Gasteiger partial charge in [-0.1, -0.05) is 110 Å². The minimum absolute atomic E-state index is 0. The van der Waals surface area contributed by atoms with E-state index >= 15 is 0 Å².